The molecule has 0 aromatic carbocycles. The van der Waals surface area contributed by atoms with Gasteiger partial charge in [0.2, 0.25) is 0 Å². The van der Waals surface area contributed by atoms with Crippen molar-refractivity contribution in [3.8, 4) is 6.07 Å². The van der Waals surface area contributed by atoms with Gasteiger partial charge in [-0.05, 0) is 19.8 Å². The molecule has 1 aromatic heterocycles. The first-order valence-corrected chi connectivity index (χ1v) is 6.26. The number of hydrogen-bond acceptors (Lipinski definition) is 3. The fraction of sp³-hybridized carbons (Fsp3) is 0.500. The molecule has 0 spiro atoms. The van der Waals surface area contributed by atoms with E-state index in [-0.39, 0.29) is 5.41 Å². The molecule has 1 saturated heterocycles. The lowest BCUT2D eigenvalue weighted by molar-refractivity contribution is 0.337. The fourth-order valence-electron chi connectivity index (χ4n) is 2.04. The molecule has 1 aromatic rings. The lowest BCUT2D eigenvalue weighted by Gasteiger charge is -2.36. The number of nitriles is 1. The topological polar surface area (TPSA) is 39.9 Å². The van der Waals surface area contributed by atoms with Gasteiger partial charge >= 0.3 is 0 Å². The summed E-state index contributed by atoms with van der Waals surface area (Å²) in [5, 5.41) is 10.2. The quantitative estimate of drug-likeness (QED) is 0.783. The van der Waals surface area contributed by atoms with Crippen LogP contribution < -0.4 is 4.90 Å². The average Bonchev–Trinajstić information content (AvgIpc) is 2.31. The zero-order valence-electron chi connectivity index (χ0n) is 9.58. The molecule has 0 bridgehead atoms. The van der Waals surface area contributed by atoms with E-state index in [9.17, 15) is 0 Å². The molecule has 1 aliphatic heterocycles. The van der Waals surface area contributed by atoms with Crippen molar-refractivity contribution in [2.75, 3.05) is 18.0 Å². The van der Waals surface area contributed by atoms with Gasteiger partial charge in [0.1, 0.15) is 0 Å². The average molecular weight is 270 g/mol. The molecule has 0 unspecified atom stereocenters. The van der Waals surface area contributed by atoms with Gasteiger partial charge in [-0.25, -0.2) is 0 Å². The van der Waals surface area contributed by atoms with Crippen molar-refractivity contribution in [1.82, 2.24) is 4.98 Å². The Morgan fingerprint density at radius 2 is 1.82 bits per heavy atom. The van der Waals surface area contributed by atoms with Crippen LogP contribution in [0.4, 0.5) is 5.69 Å². The van der Waals surface area contributed by atoms with Crippen molar-refractivity contribution in [2.45, 2.75) is 19.8 Å². The second kappa shape index (κ2) is 4.72. The highest BCUT2D eigenvalue weighted by molar-refractivity contribution is 6.38. The Balaban J connectivity index is 2.19. The molecule has 2 rings (SSSR count). The molecule has 3 nitrogen and oxygen atoms in total. The van der Waals surface area contributed by atoms with Gasteiger partial charge in [-0.3, -0.25) is 4.98 Å². The highest BCUT2D eigenvalue weighted by Crippen LogP contribution is 2.38. The zero-order chi connectivity index (χ0) is 12.5. The molecule has 0 amide bonds. The van der Waals surface area contributed by atoms with Crippen LogP contribution in [0.25, 0.3) is 0 Å². The molecule has 1 fully saturated rings. The van der Waals surface area contributed by atoms with Gasteiger partial charge < -0.3 is 4.90 Å². The molecule has 1 aliphatic rings. The number of pyridine rings is 1. The largest absolute Gasteiger partial charge is 0.369 e. The third-order valence-electron chi connectivity index (χ3n) is 3.28. The van der Waals surface area contributed by atoms with Crippen molar-refractivity contribution >= 4 is 28.9 Å². The van der Waals surface area contributed by atoms with Crippen molar-refractivity contribution in [2.24, 2.45) is 5.41 Å². The lowest BCUT2D eigenvalue weighted by Crippen LogP contribution is -2.38. The van der Waals surface area contributed by atoms with E-state index in [0.29, 0.717) is 10.0 Å². The molecule has 0 radical (unpaired) electrons. The predicted octanol–water partition coefficient (Wildman–Crippen LogP) is 3.52. The first-order chi connectivity index (χ1) is 8.06. The minimum Gasteiger partial charge on any atom is -0.369 e. The van der Waals surface area contributed by atoms with E-state index in [1.54, 1.807) is 12.4 Å². The number of rotatable bonds is 1. The van der Waals surface area contributed by atoms with Gasteiger partial charge in [-0.1, -0.05) is 23.2 Å². The van der Waals surface area contributed by atoms with Crippen LogP contribution in [-0.4, -0.2) is 18.1 Å². The second-order valence-electron chi connectivity index (χ2n) is 4.61. The van der Waals surface area contributed by atoms with Crippen LogP contribution in [0.15, 0.2) is 12.4 Å². The number of aromatic nitrogens is 1. The predicted molar refractivity (Wildman–Crippen MR) is 69.4 cm³/mol. The summed E-state index contributed by atoms with van der Waals surface area (Å²) in [7, 11) is 0. The van der Waals surface area contributed by atoms with Crippen molar-refractivity contribution in [3.05, 3.63) is 22.4 Å². The van der Waals surface area contributed by atoms with Gasteiger partial charge in [0, 0.05) is 25.5 Å². The van der Waals surface area contributed by atoms with Crippen LogP contribution in [-0.2, 0) is 0 Å². The van der Waals surface area contributed by atoms with Crippen LogP contribution in [0.3, 0.4) is 0 Å². The Hall–Kier alpha value is -0.980. The molecule has 0 aliphatic carbocycles. The van der Waals surface area contributed by atoms with Crippen LogP contribution in [0.5, 0.6) is 0 Å². The van der Waals surface area contributed by atoms with Crippen LogP contribution in [0, 0.1) is 16.7 Å². The van der Waals surface area contributed by atoms with E-state index < -0.39 is 0 Å². The maximum atomic E-state index is 9.09. The number of nitrogens with zero attached hydrogens (tertiary/aromatic N) is 3. The summed E-state index contributed by atoms with van der Waals surface area (Å²) in [6, 6.07) is 2.38. The number of piperidine rings is 1. The minimum atomic E-state index is -0.220. The molecule has 0 atom stereocenters. The second-order valence-corrected chi connectivity index (χ2v) is 5.43. The molecule has 2 heterocycles. The monoisotopic (exact) mass is 269 g/mol. The highest BCUT2D eigenvalue weighted by atomic mass is 35.5. The Morgan fingerprint density at radius 3 is 2.29 bits per heavy atom. The number of hydrogen-bond donors (Lipinski definition) is 0. The Labute approximate surface area is 111 Å². The standard InChI is InChI=1S/C12H13Cl2N3/c1-12(8-15)2-4-17(5-3-12)11-9(13)6-16-7-10(11)14/h6-7H,2-5H2,1H3. The van der Waals surface area contributed by atoms with Crippen molar-refractivity contribution in [3.63, 3.8) is 0 Å². The van der Waals surface area contributed by atoms with Gasteiger partial charge in [0.05, 0.1) is 27.2 Å². The van der Waals surface area contributed by atoms with E-state index in [1.807, 2.05) is 6.92 Å². The Bertz CT molecular complexity index is 439. The van der Waals surface area contributed by atoms with E-state index in [0.717, 1.165) is 31.6 Å². The number of halogens is 2. The minimum absolute atomic E-state index is 0.220. The first kappa shape index (κ1) is 12.5. The maximum absolute atomic E-state index is 9.09. The molecule has 17 heavy (non-hydrogen) atoms. The molecule has 0 saturated carbocycles. The molecule has 0 N–H and O–H groups in total. The van der Waals surface area contributed by atoms with Gasteiger partial charge in [0.15, 0.2) is 0 Å². The summed E-state index contributed by atoms with van der Waals surface area (Å²) in [6.07, 6.45) is 4.86. The molecular weight excluding hydrogens is 257 g/mol. The third-order valence-corrected chi connectivity index (χ3v) is 3.83. The SMILES string of the molecule is CC1(C#N)CCN(c2c(Cl)cncc2Cl)CC1. The Morgan fingerprint density at radius 1 is 1.29 bits per heavy atom. The van der Waals surface area contributed by atoms with E-state index in [2.05, 4.69) is 16.0 Å². The normalized spacial score (nSPS) is 18.8. The van der Waals surface area contributed by atoms with E-state index >= 15 is 0 Å². The maximum Gasteiger partial charge on any atom is 0.0838 e. The third kappa shape index (κ3) is 2.48. The summed E-state index contributed by atoms with van der Waals surface area (Å²) in [4.78, 5) is 6.07. The number of anilines is 1. The Kier molecular flexibility index (Phi) is 3.46. The molecule has 5 heteroatoms. The smallest absolute Gasteiger partial charge is 0.0838 e. The lowest BCUT2D eigenvalue weighted by atomic mass is 9.82. The van der Waals surface area contributed by atoms with Crippen LogP contribution in [0.2, 0.25) is 10.0 Å². The van der Waals surface area contributed by atoms with Crippen molar-refractivity contribution in [1.29, 1.82) is 5.26 Å². The molecule has 90 valence electrons. The van der Waals surface area contributed by atoms with Gasteiger partial charge in [-0.15, -0.1) is 0 Å². The highest BCUT2D eigenvalue weighted by Gasteiger charge is 2.31. The van der Waals surface area contributed by atoms with Crippen LogP contribution in [0.1, 0.15) is 19.8 Å². The van der Waals surface area contributed by atoms with E-state index in [1.165, 1.54) is 0 Å². The first-order valence-electron chi connectivity index (χ1n) is 5.51. The van der Waals surface area contributed by atoms with Crippen molar-refractivity contribution < 1.29 is 0 Å². The summed E-state index contributed by atoms with van der Waals surface area (Å²) in [5.74, 6) is 0. The van der Waals surface area contributed by atoms with Crippen LogP contribution >= 0.6 is 23.2 Å². The molecular formula is C12H13Cl2N3. The van der Waals surface area contributed by atoms with Gasteiger partial charge in [0.25, 0.3) is 0 Å². The van der Waals surface area contributed by atoms with E-state index in [4.69, 9.17) is 28.5 Å². The van der Waals surface area contributed by atoms with Gasteiger partial charge in [-0.2, -0.15) is 5.26 Å². The fourth-order valence-corrected chi connectivity index (χ4v) is 2.65. The summed E-state index contributed by atoms with van der Waals surface area (Å²) < 4.78 is 0. The zero-order valence-corrected chi connectivity index (χ0v) is 11.1. The summed E-state index contributed by atoms with van der Waals surface area (Å²) >= 11 is 12.2. The summed E-state index contributed by atoms with van der Waals surface area (Å²) in [5.41, 5.74) is 0.617. The summed E-state index contributed by atoms with van der Waals surface area (Å²) in [6.45, 7) is 3.60.